The quantitative estimate of drug-likeness (QED) is 0.0826. The van der Waals surface area contributed by atoms with E-state index in [0.717, 1.165) is 59.7 Å². The maximum absolute atomic E-state index is 13.0. The molecule has 4 aromatic rings. The molecule has 0 radical (unpaired) electrons. The number of carbonyl (C=O) groups excluding carboxylic acids is 3. The van der Waals surface area contributed by atoms with Gasteiger partial charge >= 0.3 is 176 Å². The number of amides is 2. The molecule has 0 aliphatic carbocycles. The van der Waals surface area contributed by atoms with Gasteiger partial charge in [0.15, 0.2) is 0 Å². The summed E-state index contributed by atoms with van der Waals surface area (Å²) in [5.74, 6) is -0.101. The Balaban J connectivity index is 1.25. The molecule has 1 heterocycles. The number of nitrogens with one attached hydrogen (secondary N) is 2. The average molecular weight is 678 g/mol. The molecule has 5 rings (SSSR count). The fraction of sp³-hybridized carbons (Fsp3) is 0.265. The number of nitrogens with zero attached hydrogens (tertiary/aromatic N) is 1. The van der Waals surface area contributed by atoms with E-state index < -0.39 is 26.2 Å². The Labute approximate surface area is 254 Å². The van der Waals surface area contributed by atoms with E-state index in [1.807, 2.05) is 78.9 Å². The van der Waals surface area contributed by atoms with Gasteiger partial charge in [0.2, 0.25) is 0 Å². The first-order chi connectivity index (χ1) is 20.4. The van der Waals surface area contributed by atoms with Crippen LogP contribution in [0.5, 0.6) is 0 Å². The van der Waals surface area contributed by atoms with Crippen LogP contribution in [-0.4, -0.2) is 50.5 Å². The van der Waals surface area contributed by atoms with E-state index in [1.54, 1.807) is 6.07 Å². The van der Waals surface area contributed by atoms with E-state index in [0.29, 0.717) is 23.4 Å². The molecule has 0 aromatic heterocycles. The first kappa shape index (κ1) is 29.7. The van der Waals surface area contributed by atoms with Crippen LogP contribution in [0, 0.1) is 0 Å². The number of hydrogen-bond donors (Lipinski definition) is 2. The van der Waals surface area contributed by atoms with Gasteiger partial charge in [-0.2, -0.15) is 0 Å². The third-order valence-corrected chi connectivity index (χ3v) is 11.0. The third-order valence-electron chi connectivity index (χ3n) is 7.41. The SMILES string of the molecule is CI(C)N1CCCC(OC(=O)Nc2cc(CCC(=O)Nc3ccc4cc(C=O)ccc4c3)ccc2-c2ccccc2)C1. The number of aldehydes is 1. The fourth-order valence-corrected chi connectivity index (χ4v) is 7.74. The molecule has 1 atom stereocenters. The summed E-state index contributed by atoms with van der Waals surface area (Å²) in [5.41, 5.74) is 4.82. The second kappa shape index (κ2) is 13.9. The first-order valence-corrected chi connectivity index (χ1v) is 19.4. The average Bonchev–Trinajstić information content (AvgIpc) is 3.00. The van der Waals surface area contributed by atoms with Crippen molar-refractivity contribution in [2.45, 2.75) is 31.8 Å². The van der Waals surface area contributed by atoms with E-state index in [4.69, 9.17) is 4.74 Å². The van der Waals surface area contributed by atoms with Crippen molar-refractivity contribution >= 4 is 60.5 Å². The standard InChI is InChI=1S/C34H36IN3O4/c1-35(2)38-18-6-9-30(22-38)42-34(41)37-32-20-24(11-16-31(32)26-7-4-3-5-8-26)12-17-33(40)36-29-15-14-27-19-25(23-39)10-13-28(27)21-29/h3-5,7-8,10-11,13-16,19-21,23,30H,6,9,12,17-18,22H2,1-2H3,(H,36,40)(H,37,41). The van der Waals surface area contributed by atoms with Crippen LogP contribution >= 0.6 is 20.1 Å². The molecule has 0 bridgehead atoms. The zero-order chi connectivity index (χ0) is 29.5. The predicted molar refractivity (Wildman–Crippen MR) is 179 cm³/mol. The molecule has 7 nitrogen and oxygen atoms in total. The molecular weight excluding hydrogens is 641 g/mol. The zero-order valence-corrected chi connectivity index (χ0v) is 26.1. The number of halogens is 1. The van der Waals surface area contributed by atoms with Crippen LogP contribution in [0.15, 0.2) is 84.9 Å². The van der Waals surface area contributed by atoms with Crippen molar-refractivity contribution in [1.82, 2.24) is 3.11 Å². The fourth-order valence-electron chi connectivity index (χ4n) is 5.20. The predicted octanol–water partition coefficient (Wildman–Crippen LogP) is 7.58. The van der Waals surface area contributed by atoms with Gasteiger partial charge in [-0.05, 0) is 29.0 Å². The number of rotatable bonds is 9. The summed E-state index contributed by atoms with van der Waals surface area (Å²) in [4.78, 5) is 41.5. The van der Waals surface area contributed by atoms with Crippen molar-refractivity contribution in [2.75, 3.05) is 33.6 Å². The normalized spacial score (nSPS) is 15.6. The Hall–Kier alpha value is -3.76. The maximum atomic E-state index is 13.0. The summed E-state index contributed by atoms with van der Waals surface area (Å²) in [6.07, 6.45) is 2.99. The number of anilines is 2. The Morgan fingerprint density at radius 2 is 1.74 bits per heavy atom. The van der Waals surface area contributed by atoms with Crippen molar-refractivity contribution in [3.05, 3.63) is 96.1 Å². The van der Waals surface area contributed by atoms with Crippen LogP contribution in [0.25, 0.3) is 21.9 Å². The minimum atomic E-state index is -1.11. The molecule has 8 heteroatoms. The second-order valence-corrected chi connectivity index (χ2v) is 16.1. The summed E-state index contributed by atoms with van der Waals surface area (Å²) < 4.78 is 8.36. The van der Waals surface area contributed by atoms with Gasteiger partial charge in [-0.1, -0.05) is 18.2 Å². The van der Waals surface area contributed by atoms with Crippen molar-refractivity contribution in [3.8, 4) is 11.1 Å². The van der Waals surface area contributed by atoms with Crippen molar-refractivity contribution in [3.63, 3.8) is 0 Å². The van der Waals surface area contributed by atoms with Crippen LogP contribution in [0.3, 0.4) is 0 Å². The molecule has 42 heavy (non-hydrogen) atoms. The topological polar surface area (TPSA) is 87.7 Å². The summed E-state index contributed by atoms with van der Waals surface area (Å²) in [5, 5.41) is 7.87. The molecule has 0 spiro atoms. The molecule has 1 fully saturated rings. The molecule has 218 valence electrons. The summed E-state index contributed by atoms with van der Waals surface area (Å²) >= 11 is -1.11. The Bertz CT molecular complexity index is 1570. The zero-order valence-electron chi connectivity index (χ0n) is 23.9. The van der Waals surface area contributed by atoms with E-state index in [9.17, 15) is 14.4 Å². The van der Waals surface area contributed by atoms with Gasteiger partial charge in [0, 0.05) is 11.3 Å². The number of carbonyl (C=O) groups is 3. The molecule has 2 amide bonds. The number of piperidine rings is 1. The molecule has 1 aliphatic heterocycles. The van der Waals surface area contributed by atoms with Crippen molar-refractivity contribution < 1.29 is 19.1 Å². The van der Waals surface area contributed by atoms with Gasteiger partial charge in [-0.25, -0.2) is 0 Å². The summed E-state index contributed by atoms with van der Waals surface area (Å²) in [6, 6.07) is 26.9. The molecule has 1 aliphatic rings. The Morgan fingerprint density at radius 1 is 0.952 bits per heavy atom. The van der Waals surface area contributed by atoms with Crippen molar-refractivity contribution in [2.24, 2.45) is 0 Å². The first-order valence-electron chi connectivity index (χ1n) is 14.1. The van der Waals surface area contributed by atoms with Gasteiger partial charge in [-0.15, -0.1) is 0 Å². The summed E-state index contributed by atoms with van der Waals surface area (Å²) in [6.45, 7) is 1.90. The number of hydrogen-bond acceptors (Lipinski definition) is 5. The van der Waals surface area contributed by atoms with E-state index in [2.05, 4.69) is 23.6 Å². The minimum absolute atomic E-state index is 0.101. The van der Waals surface area contributed by atoms with E-state index >= 15 is 0 Å². The number of benzene rings is 4. The van der Waals surface area contributed by atoms with Gasteiger partial charge in [-0.3, -0.25) is 9.59 Å². The summed E-state index contributed by atoms with van der Waals surface area (Å²) in [7, 11) is 0. The van der Waals surface area contributed by atoms with Crippen LogP contribution < -0.4 is 10.6 Å². The third kappa shape index (κ3) is 7.74. The van der Waals surface area contributed by atoms with Crippen LogP contribution in [0.2, 0.25) is 0 Å². The van der Waals surface area contributed by atoms with E-state index in [-0.39, 0.29) is 18.4 Å². The number of fused-ring (bicyclic) bond motifs is 1. The van der Waals surface area contributed by atoms with Crippen LogP contribution in [0.4, 0.5) is 16.2 Å². The van der Waals surface area contributed by atoms with Gasteiger partial charge in [0.05, 0.1) is 0 Å². The van der Waals surface area contributed by atoms with Crippen LogP contribution in [-0.2, 0) is 16.0 Å². The van der Waals surface area contributed by atoms with Gasteiger partial charge < -0.3 is 5.32 Å². The molecule has 2 N–H and O–H groups in total. The van der Waals surface area contributed by atoms with Gasteiger partial charge in [0.25, 0.3) is 0 Å². The Morgan fingerprint density at radius 3 is 2.52 bits per heavy atom. The van der Waals surface area contributed by atoms with Crippen LogP contribution in [0.1, 0.15) is 35.2 Å². The second-order valence-electron chi connectivity index (χ2n) is 10.6. The molecule has 1 saturated heterocycles. The number of aryl methyl sites for hydroxylation is 1. The number of ether oxygens (including phenoxy) is 1. The number of alkyl halides is 2. The van der Waals surface area contributed by atoms with E-state index in [1.165, 1.54) is 0 Å². The monoisotopic (exact) mass is 677 g/mol. The molecule has 0 saturated carbocycles. The van der Waals surface area contributed by atoms with Gasteiger partial charge in [0.1, 0.15) is 6.29 Å². The molecule has 1 unspecified atom stereocenters. The molecular formula is C34H36IN3O4. The Kier molecular flexibility index (Phi) is 9.86. The van der Waals surface area contributed by atoms with Crippen molar-refractivity contribution in [1.29, 1.82) is 0 Å². The molecule has 4 aromatic carbocycles.